The molecule has 0 aliphatic carbocycles. The minimum absolute atomic E-state index is 0.0184. The summed E-state index contributed by atoms with van der Waals surface area (Å²) in [4.78, 5) is 0. The van der Waals surface area contributed by atoms with Crippen molar-refractivity contribution in [2.24, 2.45) is 0 Å². The third-order valence-electron chi connectivity index (χ3n) is 4.94. The molecule has 0 saturated carbocycles. The van der Waals surface area contributed by atoms with Crippen molar-refractivity contribution in [2.45, 2.75) is 19.5 Å². The van der Waals surface area contributed by atoms with Crippen LogP contribution in [-0.4, -0.2) is 19.8 Å². The van der Waals surface area contributed by atoms with E-state index in [1.165, 1.54) is 21.5 Å². The Morgan fingerprint density at radius 1 is 0.778 bits per heavy atom. The molecule has 0 fully saturated rings. The highest BCUT2D eigenvalue weighted by Gasteiger charge is 2.29. The summed E-state index contributed by atoms with van der Waals surface area (Å²) >= 11 is 0. The van der Waals surface area contributed by atoms with Crippen molar-refractivity contribution in [3.8, 4) is 0 Å². The van der Waals surface area contributed by atoms with Gasteiger partial charge in [0.1, 0.15) is 8.07 Å². The van der Waals surface area contributed by atoms with Gasteiger partial charge in [0, 0.05) is 12.0 Å². The van der Waals surface area contributed by atoms with Crippen molar-refractivity contribution in [3.63, 3.8) is 0 Å². The van der Waals surface area contributed by atoms with Gasteiger partial charge in [0.2, 0.25) is 0 Å². The Kier molecular flexibility index (Phi) is 6.26. The van der Waals surface area contributed by atoms with Crippen molar-refractivity contribution in [1.29, 1.82) is 0 Å². The Morgan fingerprint density at radius 3 is 1.85 bits per heavy atom. The molecule has 2 heteroatoms. The fourth-order valence-electron chi connectivity index (χ4n) is 3.35. The van der Waals surface area contributed by atoms with E-state index >= 15 is 0 Å². The lowest BCUT2D eigenvalue weighted by Gasteiger charge is -2.26. The first-order valence-electron chi connectivity index (χ1n) is 9.36. The minimum Gasteiger partial charge on any atom is -0.391 e. The Balaban J connectivity index is 2.15. The highest BCUT2D eigenvalue weighted by molar-refractivity contribution is 7.04. The van der Waals surface area contributed by atoms with Crippen LogP contribution in [0.3, 0.4) is 0 Å². The van der Waals surface area contributed by atoms with Gasteiger partial charge in [-0.05, 0) is 16.3 Å². The fraction of sp³-hybridized carbons (Fsp3) is 0.160. The van der Waals surface area contributed by atoms with E-state index in [1.54, 1.807) is 0 Å². The highest BCUT2D eigenvalue weighted by atomic mass is 28.3. The van der Waals surface area contributed by atoms with E-state index in [4.69, 9.17) is 0 Å². The van der Waals surface area contributed by atoms with Crippen LogP contribution in [0.2, 0.25) is 13.1 Å². The molecule has 0 atom stereocenters. The van der Waals surface area contributed by atoms with Crippen LogP contribution in [0.15, 0.2) is 102 Å². The van der Waals surface area contributed by atoms with Crippen LogP contribution in [0, 0.1) is 0 Å². The molecule has 0 spiro atoms. The molecule has 0 amide bonds. The second kappa shape index (κ2) is 8.83. The summed E-state index contributed by atoms with van der Waals surface area (Å²) in [6.45, 7) is 4.73. The summed E-state index contributed by atoms with van der Waals surface area (Å²) in [5.41, 5.74) is 6.97. The zero-order valence-electron chi connectivity index (χ0n) is 16.0. The summed E-state index contributed by atoms with van der Waals surface area (Å²) in [5, 5.41) is 12.6. The summed E-state index contributed by atoms with van der Waals surface area (Å²) in [7, 11) is -1.97. The normalized spacial score (nSPS) is 10.9. The molecule has 1 N–H and O–H groups in total. The molecule has 0 aromatic heterocycles. The lowest BCUT2D eigenvalue weighted by molar-refractivity contribution is 0.329. The summed E-state index contributed by atoms with van der Waals surface area (Å²) in [5.74, 6) is 0. The molecule has 136 valence electrons. The van der Waals surface area contributed by atoms with Gasteiger partial charge in [-0.2, -0.15) is 0 Å². The fourth-order valence-corrected chi connectivity index (χ4v) is 6.04. The van der Waals surface area contributed by atoms with Crippen molar-refractivity contribution in [3.05, 3.63) is 113 Å². The van der Waals surface area contributed by atoms with E-state index < -0.39 is 8.07 Å². The molecule has 27 heavy (non-hydrogen) atoms. The van der Waals surface area contributed by atoms with Gasteiger partial charge in [-0.3, -0.25) is 0 Å². The standard InChI is InChI=1S/C25H26OSi/c1-27(2,24-16-10-5-11-17-24)25(23-14-8-4-9-15-23)19-22(20-26)18-21-12-6-3-7-13-21/h3-17,26H,18,20H2,1-2H3. The van der Waals surface area contributed by atoms with Crippen molar-refractivity contribution in [2.75, 3.05) is 6.61 Å². The average Bonchev–Trinajstić information content (AvgIpc) is 2.73. The second-order valence-electron chi connectivity index (χ2n) is 7.28. The molecular formula is C25H26OSi. The first-order valence-corrected chi connectivity index (χ1v) is 12.4. The molecule has 0 saturated heterocycles. The highest BCUT2D eigenvalue weighted by Crippen LogP contribution is 2.26. The van der Waals surface area contributed by atoms with Crippen LogP contribution in [0.25, 0.3) is 5.20 Å². The molecule has 3 rings (SSSR count). The molecule has 3 aromatic carbocycles. The monoisotopic (exact) mass is 370 g/mol. The Bertz CT molecular complexity index is 922. The third-order valence-corrected chi connectivity index (χ3v) is 8.38. The Labute approximate surface area is 163 Å². The van der Waals surface area contributed by atoms with Gasteiger partial charge in [-0.25, -0.2) is 0 Å². The van der Waals surface area contributed by atoms with Gasteiger partial charge in [-0.1, -0.05) is 109 Å². The van der Waals surface area contributed by atoms with Gasteiger partial charge in [-0.15, -0.1) is 5.73 Å². The molecule has 0 bridgehead atoms. The molecular weight excluding hydrogens is 344 g/mol. The number of aliphatic hydroxyl groups is 1. The topological polar surface area (TPSA) is 20.2 Å². The van der Waals surface area contributed by atoms with Crippen LogP contribution < -0.4 is 5.19 Å². The maximum atomic E-state index is 10.0. The van der Waals surface area contributed by atoms with Crippen molar-refractivity contribution in [1.82, 2.24) is 0 Å². The van der Waals surface area contributed by atoms with Gasteiger partial charge < -0.3 is 5.11 Å². The van der Waals surface area contributed by atoms with E-state index in [9.17, 15) is 5.11 Å². The Morgan fingerprint density at radius 2 is 1.30 bits per heavy atom. The largest absolute Gasteiger partial charge is 0.391 e. The van der Waals surface area contributed by atoms with E-state index in [0.717, 1.165) is 5.57 Å². The number of hydrogen-bond donors (Lipinski definition) is 1. The van der Waals surface area contributed by atoms with E-state index in [1.807, 2.05) is 24.3 Å². The van der Waals surface area contributed by atoms with Crippen LogP contribution in [0.5, 0.6) is 0 Å². The van der Waals surface area contributed by atoms with Crippen LogP contribution >= 0.6 is 0 Å². The van der Waals surface area contributed by atoms with E-state index in [0.29, 0.717) is 6.42 Å². The van der Waals surface area contributed by atoms with E-state index in [2.05, 4.69) is 85.6 Å². The molecule has 0 unspecified atom stereocenters. The van der Waals surface area contributed by atoms with E-state index in [-0.39, 0.29) is 6.61 Å². The van der Waals surface area contributed by atoms with Crippen molar-refractivity contribution < 1.29 is 5.11 Å². The van der Waals surface area contributed by atoms with Crippen LogP contribution in [-0.2, 0) is 6.42 Å². The van der Waals surface area contributed by atoms with Gasteiger partial charge >= 0.3 is 0 Å². The number of aliphatic hydroxyl groups excluding tert-OH is 1. The SMILES string of the molecule is C[Si](C)(C(=C=C(CO)Cc1ccccc1)c1ccccc1)c1ccccc1. The Hall–Kier alpha value is -2.64. The lowest BCUT2D eigenvalue weighted by Crippen LogP contribution is -2.42. The predicted octanol–water partition coefficient (Wildman–Crippen LogP) is 4.99. The third kappa shape index (κ3) is 4.75. The predicted molar refractivity (Wildman–Crippen MR) is 118 cm³/mol. The molecule has 0 heterocycles. The second-order valence-corrected chi connectivity index (χ2v) is 11.6. The average molecular weight is 371 g/mol. The van der Waals surface area contributed by atoms with Crippen molar-refractivity contribution >= 4 is 18.5 Å². The summed E-state index contributed by atoms with van der Waals surface area (Å²) < 4.78 is 0. The first-order chi connectivity index (χ1) is 13.1. The maximum absolute atomic E-state index is 10.0. The summed E-state index contributed by atoms with van der Waals surface area (Å²) in [6.07, 6.45) is 0.715. The number of hydrogen-bond acceptors (Lipinski definition) is 1. The zero-order chi connectivity index (χ0) is 19.1. The van der Waals surface area contributed by atoms with Crippen LogP contribution in [0.4, 0.5) is 0 Å². The minimum atomic E-state index is -1.97. The molecule has 0 radical (unpaired) electrons. The smallest absolute Gasteiger partial charge is 0.122 e. The lowest BCUT2D eigenvalue weighted by atomic mass is 10.1. The maximum Gasteiger partial charge on any atom is 0.122 e. The molecule has 1 nitrogen and oxygen atoms in total. The summed E-state index contributed by atoms with van der Waals surface area (Å²) in [6, 6.07) is 31.5. The molecule has 0 aliphatic heterocycles. The van der Waals surface area contributed by atoms with Gasteiger partial charge in [0.25, 0.3) is 0 Å². The van der Waals surface area contributed by atoms with Crippen LogP contribution in [0.1, 0.15) is 11.1 Å². The zero-order valence-corrected chi connectivity index (χ0v) is 17.0. The number of rotatable bonds is 6. The quantitative estimate of drug-likeness (QED) is 0.479. The van der Waals surface area contributed by atoms with Gasteiger partial charge in [0.15, 0.2) is 0 Å². The first kappa shape index (κ1) is 19.1. The van der Waals surface area contributed by atoms with Gasteiger partial charge in [0.05, 0.1) is 6.61 Å². The number of benzene rings is 3. The molecule has 3 aromatic rings. The molecule has 0 aliphatic rings.